The number of nitriles is 1. The van der Waals surface area contributed by atoms with E-state index in [-0.39, 0.29) is 6.10 Å². The highest BCUT2D eigenvalue weighted by atomic mass is 16.3. The van der Waals surface area contributed by atoms with E-state index in [9.17, 15) is 5.11 Å². The summed E-state index contributed by atoms with van der Waals surface area (Å²) < 4.78 is 0. The van der Waals surface area contributed by atoms with Gasteiger partial charge in [0.2, 0.25) is 0 Å². The van der Waals surface area contributed by atoms with Crippen molar-refractivity contribution in [3.63, 3.8) is 0 Å². The smallest absolute Gasteiger partial charge is 0.0991 e. The van der Waals surface area contributed by atoms with Gasteiger partial charge in [-0.1, -0.05) is 30.3 Å². The van der Waals surface area contributed by atoms with Crippen molar-refractivity contribution in [1.82, 2.24) is 0 Å². The first-order chi connectivity index (χ1) is 10.3. The number of nitrogens with zero attached hydrogens (tertiary/aromatic N) is 2. The molecule has 1 aliphatic rings. The van der Waals surface area contributed by atoms with Gasteiger partial charge in [0.15, 0.2) is 0 Å². The Morgan fingerprint density at radius 2 is 1.90 bits per heavy atom. The lowest BCUT2D eigenvalue weighted by molar-refractivity contribution is 0.168. The van der Waals surface area contributed by atoms with Crippen molar-refractivity contribution in [1.29, 1.82) is 5.26 Å². The van der Waals surface area contributed by atoms with Gasteiger partial charge < -0.3 is 10.0 Å². The number of aliphatic hydroxyl groups is 1. The molecule has 3 heteroatoms. The van der Waals surface area contributed by atoms with Crippen molar-refractivity contribution in [3.05, 3.63) is 65.2 Å². The second kappa shape index (κ2) is 5.99. The maximum atomic E-state index is 10.2. The minimum atomic E-state index is -0.368. The summed E-state index contributed by atoms with van der Waals surface area (Å²) in [6.45, 7) is 1.74. The van der Waals surface area contributed by atoms with Gasteiger partial charge in [-0.05, 0) is 36.6 Å². The molecule has 0 saturated heterocycles. The second-order valence-electron chi connectivity index (χ2n) is 5.45. The highest BCUT2D eigenvalue weighted by Crippen LogP contribution is 2.33. The van der Waals surface area contributed by atoms with E-state index in [2.05, 4.69) is 17.0 Å². The van der Waals surface area contributed by atoms with E-state index in [4.69, 9.17) is 5.26 Å². The van der Waals surface area contributed by atoms with Crippen molar-refractivity contribution < 1.29 is 5.11 Å². The van der Waals surface area contributed by atoms with E-state index in [0.717, 1.165) is 37.2 Å². The summed E-state index contributed by atoms with van der Waals surface area (Å²) in [5.74, 6) is 0. The standard InChI is InChI=1S/C18H18N2O/c19-12-14-7-9-15(10-8-14)13-20-11-3-6-18(21)16-4-1-2-5-17(16)20/h1-2,4-5,7-10,18,21H,3,6,11,13H2. The molecular formula is C18H18N2O. The van der Waals surface area contributed by atoms with E-state index in [1.807, 2.05) is 42.5 Å². The van der Waals surface area contributed by atoms with Crippen LogP contribution in [-0.4, -0.2) is 11.7 Å². The molecule has 3 rings (SSSR count). The molecule has 0 aliphatic carbocycles. The number of benzene rings is 2. The number of anilines is 1. The third kappa shape index (κ3) is 2.91. The van der Waals surface area contributed by atoms with E-state index >= 15 is 0 Å². The Labute approximate surface area is 125 Å². The molecule has 0 radical (unpaired) electrons. The van der Waals surface area contributed by atoms with E-state index in [0.29, 0.717) is 5.56 Å². The predicted molar refractivity (Wildman–Crippen MR) is 82.8 cm³/mol. The number of para-hydroxylation sites is 1. The van der Waals surface area contributed by atoms with Crippen LogP contribution in [0.15, 0.2) is 48.5 Å². The summed E-state index contributed by atoms with van der Waals surface area (Å²) in [5, 5.41) is 19.1. The third-order valence-electron chi connectivity index (χ3n) is 4.00. The topological polar surface area (TPSA) is 47.3 Å². The van der Waals surface area contributed by atoms with Gasteiger partial charge >= 0.3 is 0 Å². The third-order valence-corrected chi connectivity index (χ3v) is 4.00. The highest BCUT2D eigenvalue weighted by molar-refractivity contribution is 5.55. The number of hydrogen-bond donors (Lipinski definition) is 1. The summed E-state index contributed by atoms with van der Waals surface area (Å²) in [6, 6.07) is 17.9. The predicted octanol–water partition coefficient (Wildman–Crippen LogP) is 3.39. The van der Waals surface area contributed by atoms with Crippen LogP contribution in [0.2, 0.25) is 0 Å². The largest absolute Gasteiger partial charge is 0.388 e. The normalized spacial score (nSPS) is 17.7. The van der Waals surface area contributed by atoms with Crippen molar-refractivity contribution in [2.45, 2.75) is 25.5 Å². The average Bonchev–Trinajstić information content (AvgIpc) is 2.69. The number of aliphatic hydroxyl groups excluding tert-OH is 1. The van der Waals surface area contributed by atoms with Crippen LogP contribution in [-0.2, 0) is 6.54 Å². The van der Waals surface area contributed by atoms with Crippen LogP contribution in [0.4, 0.5) is 5.69 Å². The number of fused-ring (bicyclic) bond motifs is 1. The number of hydrogen-bond acceptors (Lipinski definition) is 3. The SMILES string of the molecule is N#Cc1ccc(CN2CCCC(O)c3ccccc32)cc1. The Balaban J connectivity index is 1.87. The molecule has 3 nitrogen and oxygen atoms in total. The van der Waals surface area contributed by atoms with Crippen molar-refractivity contribution in [2.24, 2.45) is 0 Å². The monoisotopic (exact) mass is 278 g/mol. The lowest BCUT2D eigenvalue weighted by Gasteiger charge is -2.25. The molecule has 0 amide bonds. The first-order valence-electron chi connectivity index (χ1n) is 7.29. The van der Waals surface area contributed by atoms with Gasteiger partial charge in [0.25, 0.3) is 0 Å². The molecule has 1 N–H and O–H groups in total. The van der Waals surface area contributed by atoms with Gasteiger partial charge in [0.05, 0.1) is 17.7 Å². The molecule has 2 aromatic rings. The second-order valence-corrected chi connectivity index (χ2v) is 5.45. The van der Waals surface area contributed by atoms with Gasteiger partial charge in [0.1, 0.15) is 0 Å². The maximum Gasteiger partial charge on any atom is 0.0991 e. The van der Waals surface area contributed by atoms with E-state index in [1.165, 1.54) is 5.56 Å². The lowest BCUT2D eigenvalue weighted by Crippen LogP contribution is -2.23. The van der Waals surface area contributed by atoms with Gasteiger partial charge in [0, 0.05) is 24.3 Å². The lowest BCUT2D eigenvalue weighted by atomic mass is 10.0. The Bertz CT molecular complexity index is 658. The molecule has 0 spiro atoms. The van der Waals surface area contributed by atoms with Gasteiger partial charge in [-0.3, -0.25) is 0 Å². The minimum Gasteiger partial charge on any atom is -0.388 e. The first-order valence-corrected chi connectivity index (χ1v) is 7.29. The fourth-order valence-electron chi connectivity index (χ4n) is 2.88. The molecule has 0 saturated carbocycles. The molecule has 1 aliphatic heterocycles. The molecule has 106 valence electrons. The van der Waals surface area contributed by atoms with Gasteiger partial charge in [-0.15, -0.1) is 0 Å². The quantitative estimate of drug-likeness (QED) is 0.916. The van der Waals surface area contributed by atoms with Crippen LogP contribution in [0.25, 0.3) is 0 Å². The van der Waals surface area contributed by atoms with Crippen molar-refractivity contribution in [2.75, 3.05) is 11.4 Å². The van der Waals surface area contributed by atoms with Crippen LogP contribution >= 0.6 is 0 Å². The Morgan fingerprint density at radius 3 is 2.67 bits per heavy atom. The first kappa shape index (κ1) is 13.7. The van der Waals surface area contributed by atoms with Crippen molar-refractivity contribution >= 4 is 5.69 Å². The molecule has 0 fully saturated rings. The Kier molecular flexibility index (Phi) is 3.89. The van der Waals surface area contributed by atoms with Crippen LogP contribution < -0.4 is 4.90 Å². The molecule has 1 heterocycles. The fourth-order valence-corrected chi connectivity index (χ4v) is 2.88. The minimum absolute atomic E-state index is 0.368. The molecule has 21 heavy (non-hydrogen) atoms. The van der Waals surface area contributed by atoms with Crippen LogP contribution in [0.3, 0.4) is 0 Å². The molecule has 2 aromatic carbocycles. The summed E-state index contributed by atoms with van der Waals surface area (Å²) >= 11 is 0. The fraction of sp³-hybridized carbons (Fsp3) is 0.278. The summed E-state index contributed by atoms with van der Waals surface area (Å²) in [7, 11) is 0. The molecule has 1 atom stereocenters. The summed E-state index contributed by atoms with van der Waals surface area (Å²) in [5.41, 5.74) is 4.00. The molecule has 1 unspecified atom stereocenters. The highest BCUT2D eigenvalue weighted by Gasteiger charge is 2.20. The van der Waals surface area contributed by atoms with Crippen molar-refractivity contribution in [3.8, 4) is 6.07 Å². The van der Waals surface area contributed by atoms with Crippen LogP contribution in [0.5, 0.6) is 0 Å². The van der Waals surface area contributed by atoms with E-state index in [1.54, 1.807) is 0 Å². The zero-order valence-corrected chi connectivity index (χ0v) is 11.9. The molecular weight excluding hydrogens is 260 g/mol. The van der Waals surface area contributed by atoms with Gasteiger partial charge in [-0.2, -0.15) is 5.26 Å². The summed E-state index contributed by atoms with van der Waals surface area (Å²) in [4.78, 5) is 2.31. The zero-order chi connectivity index (χ0) is 14.7. The average molecular weight is 278 g/mol. The Hall–Kier alpha value is -2.31. The Morgan fingerprint density at radius 1 is 1.14 bits per heavy atom. The maximum absolute atomic E-state index is 10.2. The molecule has 0 aromatic heterocycles. The zero-order valence-electron chi connectivity index (χ0n) is 11.9. The van der Waals surface area contributed by atoms with Crippen LogP contribution in [0, 0.1) is 11.3 Å². The number of rotatable bonds is 2. The van der Waals surface area contributed by atoms with E-state index < -0.39 is 0 Å². The van der Waals surface area contributed by atoms with Gasteiger partial charge in [-0.25, -0.2) is 0 Å². The van der Waals surface area contributed by atoms with Crippen LogP contribution in [0.1, 0.15) is 35.6 Å². The molecule has 0 bridgehead atoms. The summed E-state index contributed by atoms with van der Waals surface area (Å²) in [6.07, 6.45) is 1.42.